The van der Waals surface area contributed by atoms with Gasteiger partial charge in [-0.15, -0.1) is 0 Å². The number of anilines is 1. The molecular formula is C15H15N5O. The fraction of sp³-hybridized carbons (Fsp3) is 0.267. The van der Waals surface area contributed by atoms with Crippen molar-refractivity contribution >= 4 is 11.6 Å². The van der Waals surface area contributed by atoms with E-state index in [1.165, 1.54) is 0 Å². The second-order valence-electron chi connectivity index (χ2n) is 5.06. The van der Waals surface area contributed by atoms with Crippen LogP contribution in [0.25, 0.3) is 0 Å². The predicted molar refractivity (Wildman–Crippen MR) is 77.4 cm³/mol. The fourth-order valence-corrected chi connectivity index (χ4v) is 2.49. The monoisotopic (exact) mass is 281 g/mol. The second-order valence-corrected chi connectivity index (χ2v) is 5.06. The molecule has 1 atom stereocenters. The van der Waals surface area contributed by atoms with Crippen molar-refractivity contribution in [1.29, 1.82) is 5.26 Å². The van der Waals surface area contributed by atoms with E-state index in [2.05, 4.69) is 26.7 Å². The average Bonchev–Trinajstić information content (AvgIpc) is 2.94. The van der Waals surface area contributed by atoms with Crippen LogP contribution in [0.2, 0.25) is 0 Å². The molecule has 0 fully saturated rings. The molecule has 1 unspecified atom stereocenters. The van der Waals surface area contributed by atoms with Crippen molar-refractivity contribution in [3.05, 3.63) is 47.0 Å². The van der Waals surface area contributed by atoms with Gasteiger partial charge in [-0.3, -0.25) is 10.1 Å². The molecule has 0 saturated heterocycles. The van der Waals surface area contributed by atoms with E-state index in [0.717, 1.165) is 17.0 Å². The minimum atomic E-state index is -0.340. The minimum Gasteiger partial charge on any atom is -0.347 e. The number of aromatic nitrogens is 2. The van der Waals surface area contributed by atoms with Gasteiger partial charge in [0.15, 0.2) is 0 Å². The molecular weight excluding hydrogens is 266 g/mol. The highest BCUT2D eigenvalue weighted by atomic mass is 16.2. The van der Waals surface area contributed by atoms with Crippen molar-refractivity contribution in [3.8, 4) is 6.07 Å². The van der Waals surface area contributed by atoms with Gasteiger partial charge >= 0.3 is 0 Å². The number of aromatic amines is 1. The maximum absolute atomic E-state index is 12.4. The van der Waals surface area contributed by atoms with Crippen molar-refractivity contribution in [3.63, 3.8) is 0 Å². The van der Waals surface area contributed by atoms with E-state index in [1.807, 2.05) is 19.1 Å². The number of nitriles is 1. The lowest BCUT2D eigenvalue weighted by Gasteiger charge is -2.22. The van der Waals surface area contributed by atoms with Crippen LogP contribution in [0.1, 0.15) is 22.5 Å². The summed E-state index contributed by atoms with van der Waals surface area (Å²) in [6.45, 7) is 2.44. The van der Waals surface area contributed by atoms with Crippen molar-refractivity contribution in [2.24, 2.45) is 0 Å². The van der Waals surface area contributed by atoms with Crippen LogP contribution in [0, 0.1) is 18.3 Å². The Labute approximate surface area is 122 Å². The molecule has 0 saturated carbocycles. The van der Waals surface area contributed by atoms with E-state index in [0.29, 0.717) is 24.2 Å². The van der Waals surface area contributed by atoms with Gasteiger partial charge in [0.05, 0.1) is 35.0 Å². The quantitative estimate of drug-likeness (QED) is 0.772. The molecule has 3 N–H and O–H groups in total. The Morgan fingerprint density at radius 3 is 3.19 bits per heavy atom. The minimum absolute atomic E-state index is 0.147. The molecule has 21 heavy (non-hydrogen) atoms. The topological polar surface area (TPSA) is 93.6 Å². The number of H-pyrrole nitrogens is 1. The Morgan fingerprint density at radius 2 is 2.38 bits per heavy atom. The summed E-state index contributed by atoms with van der Waals surface area (Å²) < 4.78 is 0. The Kier molecular flexibility index (Phi) is 3.42. The lowest BCUT2D eigenvalue weighted by molar-refractivity contribution is -0.118. The third-order valence-corrected chi connectivity index (χ3v) is 3.69. The van der Waals surface area contributed by atoms with E-state index in [1.54, 1.807) is 12.4 Å². The van der Waals surface area contributed by atoms with Crippen molar-refractivity contribution in [2.45, 2.75) is 25.9 Å². The van der Waals surface area contributed by atoms with Crippen LogP contribution in [0.5, 0.6) is 0 Å². The number of benzene rings is 1. The molecule has 2 heterocycles. The number of carbonyl (C=O) groups excluding carboxylic acids is 1. The van der Waals surface area contributed by atoms with E-state index >= 15 is 0 Å². The van der Waals surface area contributed by atoms with Crippen LogP contribution in [0.4, 0.5) is 5.69 Å². The average molecular weight is 281 g/mol. The smallest absolute Gasteiger partial charge is 0.241 e. The summed E-state index contributed by atoms with van der Waals surface area (Å²) in [6, 6.07) is 7.21. The largest absolute Gasteiger partial charge is 0.347 e. The third kappa shape index (κ3) is 2.51. The number of hydrogen-bond donors (Lipinski definition) is 3. The lowest BCUT2D eigenvalue weighted by atomic mass is 10.0. The third-order valence-electron chi connectivity index (χ3n) is 3.69. The summed E-state index contributed by atoms with van der Waals surface area (Å²) in [5.41, 5.74) is 3.84. The molecule has 6 nitrogen and oxygen atoms in total. The van der Waals surface area contributed by atoms with E-state index in [-0.39, 0.29) is 11.9 Å². The number of imidazole rings is 1. The van der Waals surface area contributed by atoms with Crippen LogP contribution >= 0.6 is 0 Å². The molecule has 106 valence electrons. The zero-order chi connectivity index (χ0) is 14.8. The van der Waals surface area contributed by atoms with E-state index in [4.69, 9.17) is 0 Å². The number of hydrogen-bond acceptors (Lipinski definition) is 4. The number of rotatable bonds is 2. The first-order valence-corrected chi connectivity index (χ1v) is 6.74. The Balaban J connectivity index is 1.76. The SMILES string of the molecule is Cc1cccc(NC(=O)C2Cc3nc[nH]c3CN2)c1C#N. The van der Waals surface area contributed by atoms with Gasteiger partial charge in [-0.1, -0.05) is 12.1 Å². The van der Waals surface area contributed by atoms with Crippen LogP contribution in [-0.4, -0.2) is 21.9 Å². The highest BCUT2D eigenvalue weighted by molar-refractivity contribution is 5.96. The van der Waals surface area contributed by atoms with Gasteiger partial charge in [0.1, 0.15) is 6.07 Å². The number of carbonyl (C=O) groups is 1. The summed E-state index contributed by atoms with van der Waals surface area (Å²) in [5, 5.41) is 15.2. The molecule has 1 aliphatic rings. The van der Waals surface area contributed by atoms with Gasteiger partial charge in [0, 0.05) is 13.0 Å². The molecule has 0 spiro atoms. The summed E-state index contributed by atoms with van der Waals surface area (Å²) in [6.07, 6.45) is 2.18. The molecule has 1 aromatic carbocycles. The van der Waals surface area contributed by atoms with Crippen LogP contribution in [0.15, 0.2) is 24.5 Å². The Hall–Kier alpha value is -2.65. The van der Waals surface area contributed by atoms with E-state index in [9.17, 15) is 10.1 Å². The standard InChI is InChI=1S/C15H15N5O/c1-9-3-2-4-11(10(9)6-16)20-15(21)13-5-12-14(7-17-13)19-8-18-12/h2-4,8,13,17H,5,7H2,1H3,(H,18,19)(H,20,21). The molecule has 0 bridgehead atoms. The number of nitrogens with one attached hydrogen (secondary N) is 3. The summed E-state index contributed by atoms with van der Waals surface area (Å²) in [7, 11) is 0. The molecule has 6 heteroatoms. The summed E-state index contributed by atoms with van der Waals surface area (Å²) in [5.74, 6) is -0.147. The first-order chi connectivity index (χ1) is 10.2. The molecule has 1 amide bonds. The molecule has 2 aromatic rings. The predicted octanol–water partition coefficient (Wildman–Crippen LogP) is 1.24. The van der Waals surface area contributed by atoms with Gasteiger partial charge in [0.25, 0.3) is 0 Å². The molecule has 0 radical (unpaired) electrons. The number of aryl methyl sites for hydroxylation is 1. The highest BCUT2D eigenvalue weighted by Gasteiger charge is 2.26. The van der Waals surface area contributed by atoms with Crippen LogP contribution < -0.4 is 10.6 Å². The van der Waals surface area contributed by atoms with Crippen LogP contribution in [0.3, 0.4) is 0 Å². The molecule has 1 aliphatic heterocycles. The van der Waals surface area contributed by atoms with Gasteiger partial charge in [-0.05, 0) is 18.6 Å². The maximum atomic E-state index is 12.4. The van der Waals surface area contributed by atoms with Gasteiger partial charge in [-0.2, -0.15) is 5.26 Å². The highest BCUT2D eigenvalue weighted by Crippen LogP contribution is 2.19. The molecule has 1 aromatic heterocycles. The van der Waals surface area contributed by atoms with Crippen LogP contribution in [-0.2, 0) is 17.8 Å². The van der Waals surface area contributed by atoms with Crippen molar-refractivity contribution < 1.29 is 4.79 Å². The van der Waals surface area contributed by atoms with Gasteiger partial charge in [0.2, 0.25) is 5.91 Å². The van der Waals surface area contributed by atoms with Crippen molar-refractivity contribution in [2.75, 3.05) is 5.32 Å². The van der Waals surface area contributed by atoms with Crippen molar-refractivity contribution in [1.82, 2.24) is 15.3 Å². The second kappa shape index (κ2) is 5.38. The number of fused-ring (bicyclic) bond motifs is 1. The van der Waals surface area contributed by atoms with Gasteiger partial charge in [-0.25, -0.2) is 4.98 Å². The van der Waals surface area contributed by atoms with Gasteiger partial charge < -0.3 is 10.3 Å². The van der Waals surface area contributed by atoms with E-state index < -0.39 is 0 Å². The lowest BCUT2D eigenvalue weighted by Crippen LogP contribution is -2.44. The normalized spacial score (nSPS) is 16.9. The number of nitrogens with zero attached hydrogens (tertiary/aromatic N) is 2. The molecule has 0 aliphatic carbocycles. The summed E-state index contributed by atoms with van der Waals surface area (Å²) in [4.78, 5) is 19.6. The summed E-state index contributed by atoms with van der Waals surface area (Å²) >= 11 is 0. The zero-order valence-corrected chi connectivity index (χ0v) is 11.6. The first kappa shape index (κ1) is 13.3. The molecule has 3 rings (SSSR count). The first-order valence-electron chi connectivity index (χ1n) is 6.74. The Morgan fingerprint density at radius 1 is 1.52 bits per heavy atom. The zero-order valence-electron chi connectivity index (χ0n) is 11.6. The maximum Gasteiger partial charge on any atom is 0.241 e. The fourth-order valence-electron chi connectivity index (χ4n) is 2.49. The Bertz CT molecular complexity index is 728. The number of amides is 1.